The van der Waals surface area contributed by atoms with E-state index in [1.807, 2.05) is 36.4 Å². The maximum Gasteiger partial charge on any atom is 0.268 e. The van der Waals surface area contributed by atoms with E-state index in [0.717, 1.165) is 42.9 Å². The van der Waals surface area contributed by atoms with Crippen molar-refractivity contribution in [2.24, 2.45) is 5.92 Å². The molecule has 0 amide bonds. The van der Waals surface area contributed by atoms with Gasteiger partial charge < -0.3 is 14.6 Å². The van der Waals surface area contributed by atoms with Crippen LogP contribution in [-0.2, 0) is 6.54 Å². The summed E-state index contributed by atoms with van der Waals surface area (Å²) in [4.78, 5) is 12.7. The van der Waals surface area contributed by atoms with Gasteiger partial charge in [0.15, 0.2) is 0 Å². The summed E-state index contributed by atoms with van der Waals surface area (Å²) in [6.45, 7) is 2.61. The molecule has 1 aromatic carbocycles. The predicted octanol–water partition coefficient (Wildman–Crippen LogP) is 2.40. The van der Waals surface area contributed by atoms with Crippen LogP contribution in [0.2, 0.25) is 0 Å². The van der Waals surface area contributed by atoms with Crippen LogP contribution in [-0.4, -0.2) is 24.8 Å². The van der Waals surface area contributed by atoms with Crippen molar-refractivity contribution in [2.75, 3.05) is 20.2 Å². The Labute approximate surface area is 141 Å². The van der Waals surface area contributed by atoms with Crippen LogP contribution in [0.1, 0.15) is 18.4 Å². The van der Waals surface area contributed by atoms with Crippen LogP contribution in [0.3, 0.4) is 0 Å². The first-order valence-electron chi connectivity index (χ1n) is 8.22. The molecule has 124 valence electrons. The highest BCUT2D eigenvalue weighted by Crippen LogP contribution is 2.24. The van der Waals surface area contributed by atoms with Gasteiger partial charge in [-0.2, -0.15) is 5.26 Å². The molecule has 1 aliphatic rings. The highest BCUT2D eigenvalue weighted by Gasteiger charge is 2.18. The molecule has 0 bridgehead atoms. The molecular weight excluding hydrogens is 302 g/mol. The van der Waals surface area contributed by atoms with Crippen LogP contribution in [0.25, 0.3) is 11.3 Å². The van der Waals surface area contributed by atoms with Crippen molar-refractivity contribution < 1.29 is 4.74 Å². The third kappa shape index (κ3) is 3.34. The molecule has 1 N–H and O–H groups in total. The lowest BCUT2D eigenvalue weighted by molar-refractivity contribution is 0.331. The van der Waals surface area contributed by atoms with E-state index in [1.54, 1.807) is 17.7 Å². The largest absolute Gasteiger partial charge is 0.497 e. The number of nitriles is 1. The average Bonchev–Trinajstić information content (AvgIpc) is 2.64. The van der Waals surface area contributed by atoms with Gasteiger partial charge in [0.05, 0.1) is 12.8 Å². The third-order valence-electron chi connectivity index (χ3n) is 4.58. The minimum atomic E-state index is -0.204. The molecule has 1 aromatic heterocycles. The Bertz CT molecular complexity index is 797. The van der Waals surface area contributed by atoms with E-state index in [4.69, 9.17) is 4.74 Å². The van der Waals surface area contributed by atoms with Crippen molar-refractivity contribution in [3.8, 4) is 23.1 Å². The molecule has 0 atom stereocenters. The second-order valence-electron chi connectivity index (χ2n) is 6.08. The van der Waals surface area contributed by atoms with Crippen molar-refractivity contribution in [3.05, 3.63) is 52.3 Å². The van der Waals surface area contributed by atoms with E-state index in [2.05, 4.69) is 5.32 Å². The molecule has 1 saturated heterocycles. The van der Waals surface area contributed by atoms with Gasteiger partial charge in [-0.25, -0.2) is 0 Å². The van der Waals surface area contributed by atoms with E-state index >= 15 is 0 Å². The summed E-state index contributed by atoms with van der Waals surface area (Å²) in [6.07, 6.45) is 2.09. The first-order valence-corrected chi connectivity index (χ1v) is 8.22. The van der Waals surface area contributed by atoms with Crippen molar-refractivity contribution in [1.82, 2.24) is 9.88 Å². The molecule has 0 radical (unpaired) electrons. The van der Waals surface area contributed by atoms with Gasteiger partial charge in [0, 0.05) is 6.54 Å². The van der Waals surface area contributed by atoms with Crippen molar-refractivity contribution in [2.45, 2.75) is 19.4 Å². The van der Waals surface area contributed by atoms with Crippen LogP contribution in [0.4, 0.5) is 0 Å². The molecule has 3 rings (SSSR count). The normalized spacial score (nSPS) is 15.0. The van der Waals surface area contributed by atoms with Gasteiger partial charge in [-0.05, 0) is 73.8 Å². The molecule has 5 heteroatoms. The van der Waals surface area contributed by atoms with Crippen LogP contribution in [0.15, 0.2) is 41.2 Å². The highest BCUT2D eigenvalue weighted by molar-refractivity contribution is 5.61. The Kier molecular flexibility index (Phi) is 4.97. The smallest absolute Gasteiger partial charge is 0.268 e. The second-order valence-corrected chi connectivity index (χ2v) is 6.08. The zero-order valence-electron chi connectivity index (χ0n) is 13.8. The molecule has 0 unspecified atom stereocenters. The maximum absolute atomic E-state index is 12.7. The summed E-state index contributed by atoms with van der Waals surface area (Å²) in [6, 6.07) is 13.1. The Morgan fingerprint density at radius 3 is 2.54 bits per heavy atom. The molecular formula is C19H21N3O2. The van der Waals surface area contributed by atoms with Gasteiger partial charge in [0.2, 0.25) is 0 Å². The molecule has 1 aliphatic heterocycles. The fourth-order valence-corrected chi connectivity index (χ4v) is 3.18. The SMILES string of the molecule is COc1ccc(-c2ccc(C#N)c(=O)n2CC2CCNCC2)cc1. The van der Waals surface area contributed by atoms with E-state index in [-0.39, 0.29) is 11.1 Å². The summed E-state index contributed by atoms with van der Waals surface area (Å²) in [5, 5.41) is 12.5. The van der Waals surface area contributed by atoms with Crippen molar-refractivity contribution in [3.63, 3.8) is 0 Å². The monoisotopic (exact) mass is 323 g/mol. The number of rotatable bonds is 4. The van der Waals surface area contributed by atoms with Gasteiger partial charge in [0.1, 0.15) is 17.4 Å². The lowest BCUT2D eigenvalue weighted by Crippen LogP contribution is -2.33. The minimum absolute atomic E-state index is 0.196. The molecule has 5 nitrogen and oxygen atoms in total. The van der Waals surface area contributed by atoms with Gasteiger partial charge in [-0.15, -0.1) is 0 Å². The molecule has 1 fully saturated rings. The average molecular weight is 323 g/mol. The maximum atomic E-state index is 12.7. The Hall–Kier alpha value is -2.58. The highest BCUT2D eigenvalue weighted by atomic mass is 16.5. The quantitative estimate of drug-likeness (QED) is 0.938. The van der Waals surface area contributed by atoms with E-state index in [9.17, 15) is 10.1 Å². The number of nitrogens with one attached hydrogen (secondary N) is 1. The summed E-state index contributed by atoms with van der Waals surface area (Å²) in [5.41, 5.74) is 1.79. The number of methoxy groups -OCH3 is 1. The molecule has 0 spiro atoms. The number of hydrogen-bond acceptors (Lipinski definition) is 4. The van der Waals surface area contributed by atoms with E-state index in [1.165, 1.54) is 0 Å². The second kappa shape index (κ2) is 7.33. The lowest BCUT2D eigenvalue weighted by atomic mass is 9.97. The summed E-state index contributed by atoms with van der Waals surface area (Å²) < 4.78 is 6.96. The molecule has 2 aromatic rings. The number of hydrogen-bond donors (Lipinski definition) is 1. The number of ether oxygens (including phenoxy) is 1. The molecule has 2 heterocycles. The van der Waals surface area contributed by atoms with Crippen LogP contribution in [0, 0.1) is 17.2 Å². The summed E-state index contributed by atoms with van der Waals surface area (Å²) in [7, 11) is 1.63. The van der Waals surface area contributed by atoms with Crippen LogP contribution < -0.4 is 15.6 Å². The summed E-state index contributed by atoms with van der Waals surface area (Å²) >= 11 is 0. The number of benzene rings is 1. The van der Waals surface area contributed by atoms with Crippen molar-refractivity contribution in [1.29, 1.82) is 5.26 Å². The zero-order chi connectivity index (χ0) is 16.9. The number of piperidine rings is 1. The van der Waals surface area contributed by atoms with Gasteiger partial charge >= 0.3 is 0 Å². The van der Waals surface area contributed by atoms with E-state index in [0.29, 0.717) is 12.5 Å². The van der Waals surface area contributed by atoms with E-state index < -0.39 is 0 Å². The third-order valence-corrected chi connectivity index (χ3v) is 4.58. The molecule has 24 heavy (non-hydrogen) atoms. The zero-order valence-corrected chi connectivity index (χ0v) is 13.8. The fourth-order valence-electron chi connectivity index (χ4n) is 3.18. The minimum Gasteiger partial charge on any atom is -0.497 e. The standard InChI is InChI=1S/C19H21N3O2/c1-24-17-5-2-15(3-6-17)18-7-4-16(12-20)19(23)22(18)13-14-8-10-21-11-9-14/h2-7,14,21H,8-11,13H2,1H3. The number of nitrogens with zero attached hydrogens (tertiary/aromatic N) is 2. The molecule has 0 aliphatic carbocycles. The number of aromatic nitrogens is 1. The topological polar surface area (TPSA) is 67.0 Å². The first-order chi connectivity index (χ1) is 11.7. The number of pyridine rings is 1. The fraction of sp³-hybridized carbons (Fsp3) is 0.368. The van der Waals surface area contributed by atoms with Gasteiger partial charge in [-0.1, -0.05) is 0 Å². The first kappa shape index (κ1) is 16.3. The summed E-state index contributed by atoms with van der Waals surface area (Å²) in [5.74, 6) is 1.23. The lowest BCUT2D eigenvalue weighted by Gasteiger charge is -2.25. The van der Waals surface area contributed by atoms with Crippen LogP contribution in [0.5, 0.6) is 5.75 Å². The Morgan fingerprint density at radius 1 is 1.21 bits per heavy atom. The predicted molar refractivity (Wildman–Crippen MR) is 93.0 cm³/mol. The van der Waals surface area contributed by atoms with Gasteiger partial charge in [0.25, 0.3) is 5.56 Å². The van der Waals surface area contributed by atoms with Crippen LogP contribution >= 0.6 is 0 Å². The Balaban J connectivity index is 2.02. The van der Waals surface area contributed by atoms with Gasteiger partial charge in [-0.3, -0.25) is 4.79 Å². The van der Waals surface area contributed by atoms with Crippen molar-refractivity contribution >= 4 is 0 Å². The Morgan fingerprint density at radius 2 is 1.92 bits per heavy atom. The molecule has 0 saturated carbocycles.